The molecule has 20 heavy (non-hydrogen) atoms. The Morgan fingerprint density at radius 2 is 1.90 bits per heavy atom. The van der Waals surface area contributed by atoms with Crippen LogP contribution in [0.25, 0.3) is 5.69 Å². The molecule has 2 heterocycles. The third-order valence-corrected chi connectivity index (χ3v) is 3.54. The van der Waals surface area contributed by atoms with Gasteiger partial charge in [0.25, 0.3) is 0 Å². The first kappa shape index (κ1) is 12.7. The largest absolute Gasteiger partial charge is 0.476 e. The molecule has 0 radical (unpaired) electrons. The van der Waals surface area contributed by atoms with Crippen molar-refractivity contribution in [2.24, 2.45) is 0 Å². The number of hydrogen-bond acceptors (Lipinski definition) is 4. The summed E-state index contributed by atoms with van der Waals surface area (Å²) in [6, 6.07) is 7.66. The number of benzene rings is 1. The average molecular weight is 272 g/mol. The van der Waals surface area contributed by atoms with Crippen molar-refractivity contribution in [1.29, 1.82) is 0 Å². The molecular formula is C14H16N4O2. The van der Waals surface area contributed by atoms with Crippen molar-refractivity contribution in [2.45, 2.75) is 19.8 Å². The van der Waals surface area contributed by atoms with Gasteiger partial charge < -0.3 is 10.0 Å². The number of carboxylic acid groups (broad SMARTS) is 1. The number of rotatable bonds is 3. The lowest BCUT2D eigenvalue weighted by Gasteiger charge is -2.13. The summed E-state index contributed by atoms with van der Waals surface area (Å²) in [7, 11) is 0. The normalized spacial score (nSPS) is 14.8. The second-order valence-electron chi connectivity index (χ2n) is 4.95. The number of aromatic nitrogens is 3. The van der Waals surface area contributed by atoms with E-state index < -0.39 is 5.97 Å². The molecule has 0 saturated carbocycles. The van der Waals surface area contributed by atoms with Crippen LogP contribution in [0.5, 0.6) is 0 Å². The molecule has 1 N–H and O–H groups in total. The van der Waals surface area contributed by atoms with E-state index in [0.717, 1.165) is 37.2 Å². The number of aryl methyl sites for hydroxylation is 1. The summed E-state index contributed by atoms with van der Waals surface area (Å²) in [5.74, 6) is -0.565. The van der Waals surface area contributed by atoms with Crippen molar-refractivity contribution in [3.05, 3.63) is 35.5 Å². The molecule has 0 aliphatic carbocycles. The first-order valence-corrected chi connectivity index (χ1v) is 6.68. The van der Waals surface area contributed by atoms with E-state index in [1.54, 1.807) is 0 Å². The quantitative estimate of drug-likeness (QED) is 0.923. The lowest BCUT2D eigenvalue weighted by Crippen LogP contribution is -2.20. The summed E-state index contributed by atoms with van der Waals surface area (Å²) in [4.78, 5) is 14.8. The zero-order valence-electron chi connectivity index (χ0n) is 11.3. The topological polar surface area (TPSA) is 71.2 Å². The molecule has 6 heteroatoms. The fourth-order valence-electron chi connectivity index (χ4n) is 2.47. The molecule has 1 saturated heterocycles. The van der Waals surface area contributed by atoms with Crippen LogP contribution < -0.4 is 4.90 Å². The van der Waals surface area contributed by atoms with Crippen molar-refractivity contribution in [2.75, 3.05) is 18.0 Å². The van der Waals surface area contributed by atoms with E-state index in [0.29, 0.717) is 5.82 Å². The van der Waals surface area contributed by atoms with Crippen molar-refractivity contribution in [1.82, 2.24) is 15.0 Å². The van der Waals surface area contributed by atoms with E-state index in [9.17, 15) is 9.90 Å². The maximum atomic E-state index is 11.4. The molecule has 0 spiro atoms. The van der Waals surface area contributed by atoms with Gasteiger partial charge in [-0.1, -0.05) is 18.2 Å². The summed E-state index contributed by atoms with van der Waals surface area (Å²) in [5, 5.41) is 17.9. The SMILES string of the molecule is Cc1ccccc1-n1nc(C(=O)O)c(N2CCCC2)n1. The van der Waals surface area contributed by atoms with Crippen LogP contribution in [0.4, 0.5) is 5.82 Å². The maximum Gasteiger partial charge on any atom is 0.360 e. The van der Waals surface area contributed by atoms with Crippen molar-refractivity contribution < 1.29 is 9.90 Å². The van der Waals surface area contributed by atoms with Crippen LogP contribution in [-0.4, -0.2) is 39.2 Å². The Morgan fingerprint density at radius 1 is 1.20 bits per heavy atom. The van der Waals surface area contributed by atoms with Gasteiger partial charge in [-0.25, -0.2) is 4.79 Å². The molecule has 1 fully saturated rings. The molecule has 1 aromatic carbocycles. The van der Waals surface area contributed by atoms with Gasteiger partial charge in [-0.3, -0.25) is 0 Å². The highest BCUT2D eigenvalue weighted by atomic mass is 16.4. The Hall–Kier alpha value is -2.37. The predicted molar refractivity (Wildman–Crippen MR) is 74.5 cm³/mol. The Bertz CT molecular complexity index is 644. The van der Waals surface area contributed by atoms with E-state index in [1.807, 2.05) is 36.1 Å². The first-order chi connectivity index (χ1) is 9.66. The molecule has 3 rings (SSSR count). The van der Waals surface area contributed by atoms with Crippen LogP contribution in [0.15, 0.2) is 24.3 Å². The molecule has 0 bridgehead atoms. The van der Waals surface area contributed by atoms with Gasteiger partial charge in [0.05, 0.1) is 5.69 Å². The lowest BCUT2D eigenvalue weighted by molar-refractivity contribution is 0.0690. The van der Waals surface area contributed by atoms with Crippen molar-refractivity contribution in [3.8, 4) is 5.69 Å². The molecule has 104 valence electrons. The van der Waals surface area contributed by atoms with Crippen LogP contribution in [0.2, 0.25) is 0 Å². The van der Waals surface area contributed by atoms with Gasteiger partial charge in [-0.2, -0.15) is 0 Å². The highest BCUT2D eigenvalue weighted by Crippen LogP contribution is 2.23. The highest BCUT2D eigenvalue weighted by molar-refractivity contribution is 5.91. The number of nitrogens with zero attached hydrogens (tertiary/aromatic N) is 4. The smallest absolute Gasteiger partial charge is 0.360 e. The first-order valence-electron chi connectivity index (χ1n) is 6.68. The van der Waals surface area contributed by atoms with Crippen LogP contribution in [0.1, 0.15) is 28.9 Å². The van der Waals surface area contributed by atoms with Crippen LogP contribution in [-0.2, 0) is 0 Å². The molecule has 0 unspecified atom stereocenters. The molecule has 1 aromatic heterocycles. The third-order valence-electron chi connectivity index (χ3n) is 3.54. The van der Waals surface area contributed by atoms with Gasteiger partial charge in [-0.15, -0.1) is 15.0 Å². The Morgan fingerprint density at radius 3 is 2.55 bits per heavy atom. The zero-order valence-corrected chi connectivity index (χ0v) is 11.3. The standard InChI is InChI=1S/C14H16N4O2/c1-10-6-2-3-7-11(10)18-15-12(14(19)20)13(16-18)17-8-4-5-9-17/h2-3,6-7H,4-5,8-9H2,1H3,(H,19,20). The predicted octanol–water partition coefficient (Wildman–Crippen LogP) is 1.87. The van der Waals surface area contributed by atoms with Gasteiger partial charge >= 0.3 is 5.97 Å². The minimum absolute atomic E-state index is 0.0233. The van der Waals surface area contributed by atoms with Crippen LogP contribution in [0, 0.1) is 6.92 Å². The van der Waals surface area contributed by atoms with Gasteiger partial charge in [-0.05, 0) is 31.4 Å². The molecule has 1 aliphatic rings. The Kier molecular flexibility index (Phi) is 3.14. The summed E-state index contributed by atoms with van der Waals surface area (Å²) in [6.45, 7) is 3.63. The molecule has 2 aromatic rings. The molecular weight excluding hydrogens is 256 g/mol. The second kappa shape index (κ2) is 4.96. The number of carbonyl (C=O) groups is 1. The zero-order chi connectivity index (χ0) is 14.1. The van der Waals surface area contributed by atoms with E-state index in [2.05, 4.69) is 10.2 Å². The van der Waals surface area contributed by atoms with E-state index in [4.69, 9.17) is 0 Å². The minimum Gasteiger partial charge on any atom is -0.476 e. The fourth-order valence-corrected chi connectivity index (χ4v) is 2.47. The van der Waals surface area contributed by atoms with Crippen LogP contribution in [0.3, 0.4) is 0 Å². The molecule has 0 atom stereocenters. The number of para-hydroxylation sites is 1. The van der Waals surface area contributed by atoms with E-state index in [1.165, 1.54) is 4.80 Å². The summed E-state index contributed by atoms with van der Waals surface area (Å²) in [5.41, 5.74) is 1.84. The van der Waals surface area contributed by atoms with E-state index in [-0.39, 0.29) is 5.69 Å². The van der Waals surface area contributed by atoms with Crippen molar-refractivity contribution >= 4 is 11.8 Å². The average Bonchev–Trinajstić information content (AvgIpc) is 3.08. The molecule has 0 amide bonds. The number of carboxylic acids is 1. The fraction of sp³-hybridized carbons (Fsp3) is 0.357. The van der Waals surface area contributed by atoms with Gasteiger partial charge in [0.2, 0.25) is 5.69 Å². The molecule has 1 aliphatic heterocycles. The maximum absolute atomic E-state index is 11.4. The monoisotopic (exact) mass is 272 g/mol. The van der Waals surface area contributed by atoms with Gasteiger partial charge in [0, 0.05) is 13.1 Å². The number of aromatic carboxylic acids is 1. The number of hydrogen-bond donors (Lipinski definition) is 1. The van der Waals surface area contributed by atoms with Crippen molar-refractivity contribution in [3.63, 3.8) is 0 Å². The van der Waals surface area contributed by atoms with E-state index >= 15 is 0 Å². The highest BCUT2D eigenvalue weighted by Gasteiger charge is 2.25. The lowest BCUT2D eigenvalue weighted by atomic mass is 10.2. The Labute approximate surface area is 116 Å². The van der Waals surface area contributed by atoms with Crippen LogP contribution >= 0.6 is 0 Å². The summed E-state index contributed by atoms with van der Waals surface area (Å²) in [6.07, 6.45) is 2.13. The minimum atomic E-state index is -1.04. The van der Waals surface area contributed by atoms with Gasteiger partial charge in [0.1, 0.15) is 0 Å². The number of anilines is 1. The van der Waals surface area contributed by atoms with Gasteiger partial charge in [0.15, 0.2) is 5.82 Å². The Balaban J connectivity index is 2.07. The molecule has 6 nitrogen and oxygen atoms in total. The third kappa shape index (κ3) is 2.13. The summed E-state index contributed by atoms with van der Waals surface area (Å²) < 4.78 is 0. The second-order valence-corrected chi connectivity index (χ2v) is 4.95. The summed E-state index contributed by atoms with van der Waals surface area (Å²) >= 11 is 0.